The molecule has 0 aromatic heterocycles. The van der Waals surface area contributed by atoms with Gasteiger partial charge >= 0.3 is 0 Å². The molecule has 0 bridgehead atoms. The summed E-state index contributed by atoms with van der Waals surface area (Å²) in [5.74, 6) is -0.106. The lowest BCUT2D eigenvalue weighted by Crippen LogP contribution is -2.34. The van der Waals surface area contributed by atoms with Crippen molar-refractivity contribution in [2.75, 3.05) is 32.5 Å². The molecule has 2 amide bonds. The number of likely N-dealkylation sites (tertiary alicyclic amines) is 1. The number of anilines is 1. The van der Waals surface area contributed by atoms with Gasteiger partial charge in [0.05, 0.1) is 0 Å². The Morgan fingerprint density at radius 1 is 1.35 bits per heavy atom. The Balaban J connectivity index is 2.08. The zero-order chi connectivity index (χ0) is 14.7. The van der Waals surface area contributed by atoms with Gasteiger partial charge in [-0.05, 0) is 38.7 Å². The fraction of sp³-hybridized carbons (Fsp3) is 0.467. The first-order chi connectivity index (χ1) is 9.47. The van der Waals surface area contributed by atoms with E-state index in [-0.39, 0.29) is 11.8 Å². The molecule has 1 saturated heterocycles. The van der Waals surface area contributed by atoms with E-state index in [1.54, 1.807) is 24.3 Å². The lowest BCUT2D eigenvalue weighted by atomic mass is 10.1. The fourth-order valence-electron chi connectivity index (χ4n) is 2.46. The number of hydrogen-bond donors (Lipinski definition) is 1. The maximum atomic E-state index is 12.4. The highest BCUT2D eigenvalue weighted by Gasteiger charge is 2.28. The number of likely N-dealkylation sites (N-methyl/N-ethyl adjacent to an activating group) is 1. The van der Waals surface area contributed by atoms with Gasteiger partial charge in [-0.3, -0.25) is 9.59 Å². The molecule has 108 valence electrons. The smallest absolute Gasteiger partial charge is 0.253 e. The lowest BCUT2D eigenvalue weighted by molar-refractivity contribution is -0.114. The second-order valence-corrected chi connectivity index (χ2v) is 5.42. The normalized spacial score (nSPS) is 18.4. The van der Waals surface area contributed by atoms with Crippen LogP contribution in [0.3, 0.4) is 0 Å². The fourth-order valence-corrected chi connectivity index (χ4v) is 2.46. The molecule has 0 saturated carbocycles. The Hall–Kier alpha value is -1.88. The SMILES string of the molecule is CC(=O)Nc1cccc(C(=O)N2CCC(N(C)C)C2)c1. The predicted molar refractivity (Wildman–Crippen MR) is 78.7 cm³/mol. The van der Waals surface area contributed by atoms with Crippen LogP contribution in [0.25, 0.3) is 0 Å². The zero-order valence-electron chi connectivity index (χ0n) is 12.2. The van der Waals surface area contributed by atoms with Crippen molar-refractivity contribution < 1.29 is 9.59 Å². The third kappa shape index (κ3) is 3.36. The van der Waals surface area contributed by atoms with Gasteiger partial charge in [-0.15, -0.1) is 0 Å². The number of nitrogens with zero attached hydrogens (tertiary/aromatic N) is 2. The van der Waals surface area contributed by atoms with Crippen molar-refractivity contribution >= 4 is 17.5 Å². The molecule has 0 spiro atoms. The van der Waals surface area contributed by atoms with Gasteiger partial charge in [0.1, 0.15) is 0 Å². The molecule has 1 heterocycles. The van der Waals surface area contributed by atoms with Crippen LogP contribution in [0.15, 0.2) is 24.3 Å². The molecule has 1 fully saturated rings. The molecule has 1 aliphatic heterocycles. The molecule has 0 radical (unpaired) electrons. The number of carbonyl (C=O) groups excluding carboxylic acids is 2. The van der Waals surface area contributed by atoms with Crippen LogP contribution in [0.5, 0.6) is 0 Å². The highest BCUT2D eigenvalue weighted by atomic mass is 16.2. The van der Waals surface area contributed by atoms with Gasteiger partial charge in [0.2, 0.25) is 5.91 Å². The summed E-state index contributed by atoms with van der Waals surface area (Å²) in [5, 5.41) is 2.70. The maximum absolute atomic E-state index is 12.4. The third-order valence-corrected chi connectivity index (χ3v) is 3.61. The van der Waals surface area contributed by atoms with Crippen LogP contribution in [0, 0.1) is 0 Å². The van der Waals surface area contributed by atoms with E-state index in [1.807, 2.05) is 19.0 Å². The summed E-state index contributed by atoms with van der Waals surface area (Å²) in [6, 6.07) is 7.52. The van der Waals surface area contributed by atoms with Crippen LogP contribution in [0.2, 0.25) is 0 Å². The standard InChI is InChI=1S/C15H21N3O2/c1-11(19)16-13-6-4-5-12(9-13)15(20)18-8-7-14(10-18)17(2)3/h4-6,9,14H,7-8,10H2,1-3H3,(H,16,19). The van der Waals surface area contributed by atoms with Crippen molar-refractivity contribution in [3.8, 4) is 0 Å². The van der Waals surface area contributed by atoms with Crippen LogP contribution < -0.4 is 5.32 Å². The van der Waals surface area contributed by atoms with E-state index in [4.69, 9.17) is 0 Å². The molecule has 1 atom stereocenters. The Morgan fingerprint density at radius 3 is 2.70 bits per heavy atom. The van der Waals surface area contributed by atoms with Crippen molar-refractivity contribution in [1.29, 1.82) is 0 Å². The molecule has 1 aliphatic rings. The molecule has 1 aromatic rings. The Morgan fingerprint density at radius 2 is 2.10 bits per heavy atom. The molecule has 5 nitrogen and oxygen atoms in total. The molecule has 1 N–H and O–H groups in total. The van der Waals surface area contributed by atoms with E-state index >= 15 is 0 Å². The summed E-state index contributed by atoms with van der Waals surface area (Å²) in [6.45, 7) is 3.00. The van der Waals surface area contributed by atoms with Crippen molar-refractivity contribution in [2.24, 2.45) is 0 Å². The average Bonchev–Trinajstić information content (AvgIpc) is 2.87. The van der Waals surface area contributed by atoms with Gasteiger partial charge in [-0.2, -0.15) is 0 Å². The van der Waals surface area contributed by atoms with Crippen molar-refractivity contribution in [3.05, 3.63) is 29.8 Å². The summed E-state index contributed by atoms with van der Waals surface area (Å²) < 4.78 is 0. The monoisotopic (exact) mass is 275 g/mol. The Bertz CT molecular complexity index is 514. The van der Waals surface area contributed by atoms with Crippen LogP contribution in [-0.2, 0) is 4.79 Å². The second kappa shape index (κ2) is 6.05. The van der Waals surface area contributed by atoms with Crippen molar-refractivity contribution in [2.45, 2.75) is 19.4 Å². The van der Waals surface area contributed by atoms with Crippen molar-refractivity contribution in [1.82, 2.24) is 9.80 Å². The zero-order valence-corrected chi connectivity index (χ0v) is 12.2. The number of rotatable bonds is 3. The Labute approximate surface area is 119 Å². The highest BCUT2D eigenvalue weighted by molar-refractivity contribution is 5.97. The largest absolute Gasteiger partial charge is 0.337 e. The second-order valence-electron chi connectivity index (χ2n) is 5.42. The van der Waals surface area contributed by atoms with E-state index < -0.39 is 0 Å². The lowest BCUT2D eigenvalue weighted by Gasteiger charge is -2.20. The van der Waals surface area contributed by atoms with Gasteiger partial charge in [-0.1, -0.05) is 6.07 Å². The number of carbonyl (C=O) groups is 2. The van der Waals surface area contributed by atoms with Gasteiger partial charge < -0.3 is 15.1 Å². The summed E-state index contributed by atoms with van der Waals surface area (Å²) in [6.07, 6.45) is 1.00. The quantitative estimate of drug-likeness (QED) is 0.907. The van der Waals surface area contributed by atoms with E-state index in [1.165, 1.54) is 6.92 Å². The third-order valence-electron chi connectivity index (χ3n) is 3.61. The number of benzene rings is 1. The summed E-state index contributed by atoms with van der Waals surface area (Å²) >= 11 is 0. The van der Waals surface area contributed by atoms with Crippen LogP contribution >= 0.6 is 0 Å². The molecular formula is C15H21N3O2. The van der Waals surface area contributed by atoms with Crippen LogP contribution in [0.4, 0.5) is 5.69 Å². The van der Waals surface area contributed by atoms with E-state index in [2.05, 4.69) is 10.2 Å². The van der Waals surface area contributed by atoms with Crippen molar-refractivity contribution in [3.63, 3.8) is 0 Å². The van der Waals surface area contributed by atoms with Crippen LogP contribution in [-0.4, -0.2) is 54.8 Å². The first kappa shape index (κ1) is 14.5. The highest BCUT2D eigenvalue weighted by Crippen LogP contribution is 2.18. The minimum absolute atomic E-state index is 0.0292. The van der Waals surface area contributed by atoms with Crippen LogP contribution in [0.1, 0.15) is 23.7 Å². The molecule has 1 aromatic carbocycles. The van der Waals surface area contributed by atoms with E-state index in [9.17, 15) is 9.59 Å². The molecule has 0 aliphatic carbocycles. The average molecular weight is 275 g/mol. The number of nitrogens with one attached hydrogen (secondary N) is 1. The molecule has 5 heteroatoms. The number of amides is 2. The van der Waals surface area contributed by atoms with Gasteiger partial charge in [0, 0.05) is 37.3 Å². The van der Waals surface area contributed by atoms with Gasteiger partial charge in [-0.25, -0.2) is 0 Å². The first-order valence-electron chi connectivity index (χ1n) is 6.80. The first-order valence-corrected chi connectivity index (χ1v) is 6.80. The van der Waals surface area contributed by atoms with E-state index in [0.29, 0.717) is 17.3 Å². The molecule has 2 rings (SSSR count). The minimum Gasteiger partial charge on any atom is -0.337 e. The maximum Gasteiger partial charge on any atom is 0.253 e. The van der Waals surface area contributed by atoms with Gasteiger partial charge in [0.15, 0.2) is 0 Å². The minimum atomic E-state index is -0.136. The predicted octanol–water partition coefficient (Wildman–Crippen LogP) is 1.42. The van der Waals surface area contributed by atoms with Gasteiger partial charge in [0.25, 0.3) is 5.91 Å². The topological polar surface area (TPSA) is 52.7 Å². The summed E-state index contributed by atoms with van der Waals surface area (Å²) in [4.78, 5) is 27.5. The molecular weight excluding hydrogens is 254 g/mol. The summed E-state index contributed by atoms with van der Waals surface area (Å²) in [7, 11) is 4.08. The molecule has 1 unspecified atom stereocenters. The molecule has 20 heavy (non-hydrogen) atoms. The van der Waals surface area contributed by atoms with E-state index in [0.717, 1.165) is 19.5 Å². The number of hydrogen-bond acceptors (Lipinski definition) is 3. The Kier molecular flexibility index (Phi) is 4.39. The summed E-state index contributed by atoms with van der Waals surface area (Å²) in [5.41, 5.74) is 1.28.